The van der Waals surface area contributed by atoms with Crippen molar-refractivity contribution in [3.8, 4) is 0 Å². The molecular formula is C15H26S. The monoisotopic (exact) mass is 238 g/mol. The summed E-state index contributed by atoms with van der Waals surface area (Å²) < 4.78 is 0. The minimum Gasteiger partial charge on any atom is -0.220 e. The molecule has 0 aliphatic rings. The predicted octanol–water partition coefficient (Wildman–Crippen LogP) is 4.85. The van der Waals surface area contributed by atoms with Crippen molar-refractivity contribution in [2.45, 2.75) is 39.0 Å². The van der Waals surface area contributed by atoms with Gasteiger partial charge in [-0.1, -0.05) is 38.5 Å². The second-order valence-corrected chi connectivity index (χ2v) is 10.3. The molecule has 0 spiro atoms. The zero-order valence-corrected chi connectivity index (χ0v) is 12.4. The van der Waals surface area contributed by atoms with E-state index in [1.54, 1.807) is 4.90 Å². The number of hydrogen-bond donors (Lipinski definition) is 0. The minimum absolute atomic E-state index is 0.453. The molecule has 0 amide bonds. The normalized spacial score (nSPS) is 13.9. The molecule has 0 fully saturated rings. The van der Waals surface area contributed by atoms with Gasteiger partial charge in [0.05, 0.1) is 0 Å². The van der Waals surface area contributed by atoms with Crippen LogP contribution in [-0.2, 0) is 0 Å². The molecular weight excluding hydrogens is 212 g/mol. The van der Waals surface area contributed by atoms with E-state index >= 15 is 0 Å². The topological polar surface area (TPSA) is 0 Å². The van der Waals surface area contributed by atoms with Gasteiger partial charge in [-0.25, -0.2) is 10.0 Å². The fourth-order valence-electron chi connectivity index (χ4n) is 1.59. The smallest absolute Gasteiger partial charge is 0.0104 e. The fourth-order valence-corrected chi connectivity index (χ4v) is 3.82. The van der Waals surface area contributed by atoms with Crippen molar-refractivity contribution in [2.75, 3.05) is 18.3 Å². The summed E-state index contributed by atoms with van der Waals surface area (Å²) in [6, 6.07) is 9.10. The average Bonchev–Trinajstić information content (AvgIpc) is 2.15. The summed E-state index contributed by atoms with van der Waals surface area (Å²) in [5.41, 5.74) is 1.81. The standard InChI is InChI=1S/C15H26S/c1-13-7-9-14(10-8-13)16(5,6)12-11-15(2,3)4/h7-10H,11-12H2,1-6H3. The van der Waals surface area contributed by atoms with Crippen LogP contribution >= 0.6 is 10.0 Å². The van der Waals surface area contributed by atoms with Crippen molar-refractivity contribution in [1.29, 1.82) is 0 Å². The van der Waals surface area contributed by atoms with Gasteiger partial charge in [-0.05, 0) is 54.1 Å². The lowest BCUT2D eigenvalue weighted by atomic mass is 9.94. The van der Waals surface area contributed by atoms with E-state index in [0.717, 1.165) is 0 Å². The van der Waals surface area contributed by atoms with Gasteiger partial charge in [0.2, 0.25) is 0 Å². The Morgan fingerprint density at radius 1 is 1.00 bits per heavy atom. The van der Waals surface area contributed by atoms with E-state index in [9.17, 15) is 0 Å². The largest absolute Gasteiger partial charge is 0.220 e. The van der Waals surface area contributed by atoms with Crippen LogP contribution in [0.25, 0.3) is 0 Å². The number of aryl methyl sites for hydroxylation is 1. The molecule has 1 rings (SSSR count). The van der Waals surface area contributed by atoms with Crippen LogP contribution in [-0.4, -0.2) is 18.3 Å². The number of rotatable bonds is 3. The first-order valence-corrected chi connectivity index (χ1v) is 8.60. The van der Waals surface area contributed by atoms with Crippen LogP contribution in [0.4, 0.5) is 0 Å². The van der Waals surface area contributed by atoms with Gasteiger partial charge in [-0.2, -0.15) is 0 Å². The van der Waals surface area contributed by atoms with E-state index in [1.165, 1.54) is 17.7 Å². The molecule has 0 bridgehead atoms. The van der Waals surface area contributed by atoms with Gasteiger partial charge in [0.15, 0.2) is 0 Å². The molecule has 0 radical (unpaired) electrons. The molecule has 0 saturated carbocycles. The van der Waals surface area contributed by atoms with E-state index in [4.69, 9.17) is 0 Å². The first kappa shape index (κ1) is 13.6. The van der Waals surface area contributed by atoms with Gasteiger partial charge in [0.25, 0.3) is 0 Å². The predicted molar refractivity (Wildman–Crippen MR) is 77.8 cm³/mol. The van der Waals surface area contributed by atoms with Crippen molar-refractivity contribution in [2.24, 2.45) is 5.41 Å². The lowest BCUT2D eigenvalue weighted by Gasteiger charge is -2.34. The summed E-state index contributed by atoms with van der Waals surface area (Å²) >= 11 is 0. The van der Waals surface area contributed by atoms with Crippen LogP contribution < -0.4 is 0 Å². The molecule has 92 valence electrons. The number of hydrogen-bond acceptors (Lipinski definition) is 0. The molecule has 0 saturated heterocycles. The highest BCUT2D eigenvalue weighted by molar-refractivity contribution is 8.32. The van der Waals surface area contributed by atoms with Crippen LogP contribution in [0.15, 0.2) is 29.2 Å². The molecule has 1 aromatic carbocycles. The SMILES string of the molecule is Cc1ccc(S(C)(C)CCC(C)(C)C)cc1. The van der Waals surface area contributed by atoms with Gasteiger partial charge in [0, 0.05) is 0 Å². The Labute approximate surface area is 103 Å². The molecule has 0 atom stereocenters. The third-order valence-corrected chi connectivity index (χ3v) is 5.79. The molecule has 0 heterocycles. The van der Waals surface area contributed by atoms with Gasteiger partial charge in [-0.15, -0.1) is 0 Å². The zero-order chi connectivity index (χ0) is 12.4. The summed E-state index contributed by atoms with van der Waals surface area (Å²) in [5, 5.41) is 0. The van der Waals surface area contributed by atoms with Crippen molar-refractivity contribution in [3.63, 3.8) is 0 Å². The van der Waals surface area contributed by atoms with Crippen molar-refractivity contribution in [3.05, 3.63) is 29.8 Å². The van der Waals surface area contributed by atoms with Crippen molar-refractivity contribution >= 4 is 10.0 Å². The maximum atomic E-state index is 2.43. The minimum atomic E-state index is -0.610. The van der Waals surface area contributed by atoms with Gasteiger partial charge >= 0.3 is 0 Å². The zero-order valence-electron chi connectivity index (χ0n) is 11.6. The van der Waals surface area contributed by atoms with Crippen LogP contribution in [0.2, 0.25) is 0 Å². The van der Waals surface area contributed by atoms with Gasteiger partial charge < -0.3 is 0 Å². The number of benzene rings is 1. The Hall–Kier alpha value is -0.430. The summed E-state index contributed by atoms with van der Waals surface area (Å²) in [7, 11) is -0.610. The second-order valence-electron chi connectivity index (χ2n) is 6.37. The first-order valence-electron chi connectivity index (χ1n) is 5.98. The van der Waals surface area contributed by atoms with Crippen LogP contribution in [0.1, 0.15) is 32.8 Å². The highest BCUT2D eigenvalue weighted by atomic mass is 32.3. The molecule has 0 N–H and O–H groups in total. The summed E-state index contributed by atoms with van der Waals surface area (Å²) in [6.07, 6.45) is 6.18. The third-order valence-electron chi connectivity index (χ3n) is 3.02. The van der Waals surface area contributed by atoms with Crippen molar-refractivity contribution in [1.82, 2.24) is 0 Å². The molecule has 0 aliphatic heterocycles. The Kier molecular flexibility index (Phi) is 4.12. The Bertz CT molecular complexity index is 327. The molecule has 0 aliphatic carbocycles. The Morgan fingerprint density at radius 3 is 1.94 bits per heavy atom. The average molecular weight is 238 g/mol. The van der Waals surface area contributed by atoms with E-state index in [1.807, 2.05) is 0 Å². The summed E-state index contributed by atoms with van der Waals surface area (Å²) in [6.45, 7) is 9.15. The lowest BCUT2D eigenvalue weighted by molar-refractivity contribution is 0.401. The van der Waals surface area contributed by atoms with Crippen LogP contribution in [0.5, 0.6) is 0 Å². The maximum absolute atomic E-state index is 2.43. The Morgan fingerprint density at radius 2 is 1.50 bits per heavy atom. The quantitative estimate of drug-likeness (QED) is 0.706. The molecule has 1 heteroatoms. The molecule has 1 aromatic rings. The van der Waals surface area contributed by atoms with Crippen molar-refractivity contribution < 1.29 is 0 Å². The molecule has 0 unspecified atom stereocenters. The van der Waals surface area contributed by atoms with E-state index < -0.39 is 10.0 Å². The summed E-state index contributed by atoms with van der Waals surface area (Å²) in [5.74, 6) is 1.33. The second kappa shape index (κ2) is 4.83. The molecule has 0 aromatic heterocycles. The van der Waals surface area contributed by atoms with Crippen LogP contribution in [0, 0.1) is 12.3 Å². The van der Waals surface area contributed by atoms with Crippen LogP contribution in [0.3, 0.4) is 0 Å². The Balaban J connectivity index is 2.73. The van der Waals surface area contributed by atoms with E-state index in [0.29, 0.717) is 5.41 Å². The highest BCUT2D eigenvalue weighted by Gasteiger charge is 2.18. The highest BCUT2D eigenvalue weighted by Crippen LogP contribution is 2.50. The summed E-state index contributed by atoms with van der Waals surface area (Å²) in [4.78, 5) is 1.54. The van der Waals surface area contributed by atoms with E-state index in [2.05, 4.69) is 64.5 Å². The van der Waals surface area contributed by atoms with Gasteiger partial charge in [-0.3, -0.25) is 0 Å². The third kappa shape index (κ3) is 4.21. The maximum Gasteiger partial charge on any atom is -0.0104 e. The fraction of sp³-hybridized carbons (Fsp3) is 0.600. The van der Waals surface area contributed by atoms with Gasteiger partial charge in [0.1, 0.15) is 0 Å². The molecule has 0 nitrogen and oxygen atoms in total. The lowest BCUT2D eigenvalue weighted by Crippen LogP contribution is -2.12. The van der Waals surface area contributed by atoms with E-state index in [-0.39, 0.29) is 0 Å². The first-order chi connectivity index (χ1) is 7.21. The molecule has 16 heavy (non-hydrogen) atoms.